The van der Waals surface area contributed by atoms with Crippen LogP contribution >= 0.6 is 0 Å². The van der Waals surface area contributed by atoms with Crippen molar-refractivity contribution in [2.75, 3.05) is 0 Å². The minimum atomic E-state index is -3.66. The Bertz CT molecular complexity index is 665. The molecule has 0 aliphatic carbocycles. The fraction of sp³-hybridized carbons (Fsp3) is 0.538. The summed E-state index contributed by atoms with van der Waals surface area (Å²) in [4.78, 5) is 25.1. The third-order valence-electron chi connectivity index (χ3n) is 3.45. The van der Waals surface area contributed by atoms with Crippen LogP contribution in [0.4, 0.5) is 8.78 Å². The van der Waals surface area contributed by atoms with Crippen molar-refractivity contribution in [3.8, 4) is 0 Å². The molecule has 0 saturated carbocycles. The van der Waals surface area contributed by atoms with Crippen molar-refractivity contribution in [1.29, 1.82) is 0 Å². The van der Waals surface area contributed by atoms with Crippen molar-refractivity contribution in [2.24, 2.45) is 5.92 Å². The number of aromatic amines is 1. The summed E-state index contributed by atoms with van der Waals surface area (Å²) in [5.74, 6) is -4.02. The van der Waals surface area contributed by atoms with Crippen LogP contribution in [-0.4, -0.2) is 32.8 Å². The first-order chi connectivity index (χ1) is 9.70. The molecule has 0 spiro atoms. The minimum Gasteiger partial charge on any atom is -0.384 e. The van der Waals surface area contributed by atoms with Crippen LogP contribution in [0.15, 0.2) is 22.4 Å². The Labute approximate surface area is 118 Å². The first-order valence-corrected chi connectivity index (χ1v) is 6.39. The van der Waals surface area contributed by atoms with E-state index in [1.807, 2.05) is 4.98 Å². The number of ether oxygens (including phenoxy) is 1. The number of halogens is 2. The number of alkyl halides is 2. The van der Waals surface area contributed by atoms with E-state index >= 15 is 0 Å². The molecule has 0 amide bonds. The Morgan fingerprint density at radius 1 is 1.52 bits per heavy atom. The average molecular weight is 302 g/mol. The Morgan fingerprint density at radius 3 is 2.62 bits per heavy atom. The van der Waals surface area contributed by atoms with Crippen molar-refractivity contribution in [3.63, 3.8) is 0 Å². The van der Waals surface area contributed by atoms with Crippen molar-refractivity contribution >= 4 is 6.08 Å². The van der Waals surface area contributed by atoms with Gasteiger partial charge in [0.2, 0.25) is 6.23 Å². The highest BCUT2D eigenvalue weighted by atomic mass is 19.3. The van der Waals surface area contributed by atoms with Gasteiger partial charge in [-0.2, -0.15) is 8.78 Å². The zero-order chi connectivity index (χ0) is 15.9. The molecule has 1 saturated heterocycles. The Kier molecular flexibility index (Phi) is 3.85. The number of H-pyrrole nitrogens is 1. The molecule has 0 aromatic carbocycles. The van der Waals surface area contributed by atoms with E-state index in [9.17, 15) is 23.5 Å². The molecular weight excluding hydrogens is 286 g/mol. The predicted molar refractivity (Wildman–Crippen MR) is 71.1 cm³/mol. The van der Waals surface area contributed by atoms with Gasteiger partial charge >= 0.3 is 11.6 Å². The molecule has 8 heteroatoms. The van der Waals surface area contributed by atoms with Gasteiger partial charge in [0.1, 0.15) is 6.10 Å². The van der Waals surface area contributed by atoms with Gasteiger partial charge in [-0.05, 0) is 5.92 Å². The van der Waals surface area contributed by atoms with Crippen LogP contribution in [-0.2, 0) is 4.74 Å². The molecule has 0 radical (unpaired) electrons. The first-order valence-electron chi connectivity index (χ1n) is 6.39. The standard InChI is InChI=1S/C13H16F2N2O4/c1-4-7-5-17(12(20)16-10(7)19)11-13(14,15)9(18)8(21-11)6(2)3/h4-6,8-9,11,18H,1H2,2-3H3,(H,16,19,20). The van der Waals surface area contributed by atoms with Gasteiger partial charge in [-0.3, -0.25) is 14.3 Å². The van der Waals surface area contributed by atoms with Gasteiger partial charge < -0.3 is 9.84 Å². The summed E-state index contributed by atoms with van der Waals surface area (Å²) in [7, 11) is 0. The van der Waals surface area contributed by atoms with Crippen LogP contribution in [0.3, 0.4) is 0 Å². The Morgan fingerprint density at radius 2 is 2.14 bits per heavy atom. The largest absolute Gasteiger partial charge is 0.384 e. The van der Waals surface area contributed by atoms with E-state index < -0.39 is 35.6 Å². The van der Waals surface area contributed by atoms with E-state index in [-0.39, 0.29) is 11.5 Å². The molecule has 1 aliphatic rings. The van der Waals surface area contributed by atoms with Gasteiger partial charge in [0.15, 0.2) is 0 Å². The minimum absolute atomic E-state index is 0.0449. The zero-order valence-corrected chi connectivity index (χ0v) is 11.5. The van der Waals surface area contributed by atoms with E-state index in [0.29, 0.717) is 4.57 Å². The maximum absolute atomic E-state index is 14.2. The molecule has 21 heavy (non-hydrogen) atoms. The molecule has 116 valence electrons. The quantitative estimate of drug-likeness (QED) is 0.862. The van der Waals surface area contributed by atoms with E-state index in [0.717, 1.165) is 12.3 Å². The van der Waals surface area contributed by atoms with Crippen molar-refractivity contribution < 1.29 is 18.6 Å². The van der Waals surface area contributed by atoms with Gasteiger partial charge in [0.05, 0.1) is 11.7 Å². The second-order valence-corrected chi connectivity index (χ2v) is 5.27. The van der Waals surface area contributed by atoms with Crippen molar-refractivity contribution in [2.45, 2.75) is 38.2 Å². The predicted octanol–water partition coefficient (Wildman–Crippen LogP) is 0.729. The van der Waals surface area contributed by atoms with Crippen LogP contribution in [0.5, 0.6) is 0 Å². The monoisotopic (exact) mass is 302 g/mol. The number of aromatic nitrogens is 2. The zero-order valence-electron chi connectivity index (χ0n) is 11.5. The topological polar surface area (TPSA) is 84.3 Å². The van der Waals surface area contributed by atoms with Gasteiger partial charge in [0, 0.05) is 6.20 Å². The first kappa shape index (κ1) is 15.6. The molecule has 2 rings (SSSR count). The van der Waals surface area contributed by atoms with Crippen LogP contribution in [0.25, 0.3) is 6.08 Å². The highest BCUT2D eigenvalue weighted by Gasteiger charge is 2.60. The Balaban J connectivity index is 2.54. The lowest BCUT2D eigenvalue weighted by Crippen LogP contribution is -2.43. The summed E-state index contributed by atoms with van der Waals surface area (Å²) >= 11 is 0. The van der Waals surface area contributed by atoms with Crippen molar-refractivity contribution in [3.05, 3.63) is 39.2 Å². The van der Waals surface area contributed by atoms with Crippen LogP contribution in [0.2, 0.25) is 0 Å². The average Bonchev–Trinajstić information content (AvgIpc) is 2.62. The fourth-order valence-corrected chi connectivity index (χ4v) is 2.27. The van der Waals surface area contributed by atoms with Crippen LogP contribution in [0, 0.1) is 5.92 Å². The van der Waals surface area contributed by atoms with E-state index in [2.05, 4.69) is 6.58 Å². The number of nitrogens with zero attached hydrogens (tertiary/aromatic N) is 1. The van der Waals surface area contributed by atoms with Gasteiger partial charge in [-0.1, -0.05) is 26.5 Å². The number of aliphatic hydroxyl groups excluding tert-OH is 1. The summed E-state index contributed by atoms with van der Waals surface area (Å²) in [6, 6.07) is 0. The van der Waals surface area contributed by atoms with Gasteiger partial charge in [0.25, 0.3) is 5.56 Å². The third-order valence-corrected chi connectivity index (χ3v) is 3.45. The normalized spacial score (nSPS) is 28.0. The molecule has 3 atom stereocenters. The Hall–Kier alpha value is -1.80. The highest BCUT2D eigenvalue weighted by Crippen LogP contribution is 2.44. The second kappa shape index (κ2) is 5.19. The van der Waals surface area contributed by atoms with Gasteiger partial charge in [-0.15, -0.1) is 0 Å². The molecule has 2 N–H and O–H groups in total. The summed E-state index contributed by atoms with van der Waals surface area (Å²) in [6.45, 7) is 6.61. The van der Waals surface area contributed by atoms with E-state index in [1.54, 1.807) is 13.8 Å². The summed E-state index contributed by atoms with van der Waals surface area (Å²) in [5, 5.41) is 9.71. The van der Waals surface area contributed by atoms with E-state index in [4.69, 9.17) is 4.74 Å². The third kappa shape index (κ3) is 2.44. The lowest BCUT2D eigenvalue weighted by atomic mass is 10.00. The molecule has 2 heterocycles. The molecule has 1 aromatic heterocycles. The molecule has 6 nitrogen and oxygen atoms in total. The van der Waals surface area contributed by atoms with Gasteiger partial charge in [-0.25, -0.2) is 4.79 Å². The molecule has 0 bridgehead atoms. The van der Waals surface area contributed by atoms with Crippen molar-refractivity contribution in [1.82, 2.24) is 9.55 Å². The summed E-state index contributed by atoms with van der Waals surface area (Å²) in [5.41, 5.74) is -1.81. The molecule has 3 unspecified atom stereocenters. The number of hydrogen-bond donors (Lipinski definition) is 2. The molecule has 1 fully saturated rings. The van der Waals surface area contributed by atoms with Crippen LogP contribution in [0.1, 0.15) is 25.6 Å². The number of nitrogens with one attached hydrogen (secondary N) is 1. The lowest BCUT2D eigenvalue weighted by Gasteiger charge is -2.21. The summed E-state index contributed by atoms with van der Waals surface area (Å²) < 4.78 is 34.1. The maximum atomic E-state index is 14.2. The summed E-state index contributed by atoms with van der Waals surface area (Å²) in [6.07, 6.45) is -3.05. The fourth-order valence-electron chi connectivity index (χ4n) is 2.27. The SMILES string of the molecule is C=Cc1cn(C2OC(C(C)C)C(O)C2(F)F)c(=O)[nH]c1=O. The highest BCUT2D eigenvalue weighted by molar-refractivity contribution is 5.43. The molecular formula is C13H16F2N2O4. The van der Waals surface area contributed by atoms with E-state index in [1.165, 1.54) is 0 Å². The number of rotatable bonds is 3. The number of aliphatic hydroxyl groups is 1. The molecule has 1 aliphatic heterocycles. The number of hydrogen-bond acceptors (Lipinski definition) is 4. The maximum Gasteiger partial charge on any atom is 0.330 e. The lowest BCUT2D eigenvalue weighted by molar-refractivity contribution is -0.141. The molecule has 1 aromatic rings. The second-order valence-electron chi connectivity index (χ2n) is 5.27. The van der Waals surface area contributed by atoms with Crippen LogP contribution < -0.4 is 11.2 Å². The smallest absolute Gasteiger partial charge is 0.330 e.